The molecule has 4 nitrogen and oxygen atoms in total. The Balaban J connectivity index is 1.63. The molecule has 0 spiro atoms. The van der Waals surface area contributed by atoms with Gasteiger partial charge in [-0.3, -0.25) is 9.78 Å². The fourth-order valence-electron chi connectivity index (χ4n) is 2.13. The highest BCUT2D eigenvalue weighted by Crippen LogP contribution is 2.21. The summed E-state index contributed by atoms with van der Waals surface area (Å²) in [4.78, 5) is 16.0. The summed E-state index contributed by atoms with van der Waals surface area (Å²) in [6.07, 6.45) is 3.19. The SMILES string of the molecule is O=C(NCc1cccc(Oc2ccccc2)c1)c1cccnc1. The van der Waals surface area contributed by atoms with Crippen molar-refractivity contribution in [3.05, 3.63) is 90.3 Å². The van der Waals surface area contributed by atoms with Gasteiger partial charge in [0.25, 0.3) is 5.91 Å². The molecule has 0 radical (unpaired) electrons. The molecule has 0 saturated heterocycles. The van der Waals surface area contributed by atoms with Crippen LogP contribution in [0.3, 0.4) is 0 Å². The third-order valence-electron chi connectivity index (χ3n) is 3.25. The zero-order valence-corrected chi connectivity index (χ0v) is 12.5. The van der Waals surface area contributed by atoms with Crippen molar-refractivity contribution < 1.29 is 9.53 Å². The molecular weight excluding hydrogens is 288 g/mol. The summed E-state index contributed by atoms with van der Waals surface area (Å²) in [5, 5.41) is 2.87. The summed E-state index contributed by atoms with van der Waals surface area (Å²) in [6, 6.07) is 20.7. The summed E-state index contributed by atoms with van der Waals surface area (Å²) in [6.45, 7) is 0.430. The van der Waals surface area contributed by atoms with E-state index < -0.39 is 0 Å². The average molecular weight is 304 g/mol. The van der Waals surface area contributed by atoms with Crippen molar-refractivity contribution in [1.82, 2.24) is 10.3 Å². The summed E-state index contributed by atoms with van der Waals surface area (Å²) in [5.41, 5.74) is 1.51. The van der Waals surface area contributed by atoms with E-state index in [4.69, 9.17) is 4.74 Å². The van der Waals surface area contributed by atoms with Gasteiger partial charge in [-0.05, 0) is 42.0 Å². The zero-order valence-electron chi connectivity index (χ0n) is 12.5. The van der Waals surface area contributed by atoms with Gasteiger partial charge in [0.05, 0.1) is 5.56 Å². The molecule has 0 aliphatic heterocycles. The van der Waals surface area contributed by atoms with Crippen LogP contribution in [0.4, 0.5) is 0 Å². The third kappa shape index (κ3) is 4.17. The first-order valence-electron chi connectivity index (χ1n) is 7.31. The predicted molar refractivity (Wildman–Crippen MR) is 88.4 cm³/mol. The molecule has 1 amide bonds. The van der Waals surface area contributed by atoms with Crippen molar-refractivity contribution in [1.29, 1.82) is 0 Å². The first-order valence-corrected chi connectivity index (χ1v) is 7.31. The van der Waals surface area contributed by atoms with Gasteiger partial charge in [0.2, 0.25) is 0 Å². The van der Waals surface area contributed by atoms with Gasteiger partial charge in [-0.25, -0.2) is 0 Å². The molecule has 1 aromatic heterocycles. The van der Waals surface area contributed by atoms with Gasteiger partial charge in [0.15, 0.2) is 0 Å². The Hall–Kier alpha value is -3.14. The Kier molecular flexibility index (Phi) is 4.64. The molecule has 0 bridgehead atoms. The van der Waals surface area contributed by atoms with Crippen molar-refractivity contribution in [2.45, 2.75) is 6.54 Å². The smallest absolute Gasteiger partial charge is 0.253 e. The highest BCUT2D eigenvalue weighted by molar-refractivity contribution is 5.93. The van der Waals surface area contributed by atoms with E-state index in [0.717, 1.165) is 17.1 Å². The lowest BCUT2D eigenvalue weighted by Gasteiger charge is -2.09. The minimum atomic E-state index is -0.146. The first-order chi connectivity index (χ1) is 11.3. The molecule has 4 heteroatoms. The molecule has 1 N–H and O–H groups in total. The second-order valence-corrected chi connectivity index (χ2v) is 4.99. The number of para-hydroxylation sites is 1. The molecular formula is C19H16N2O2. The molecule has 1 heterocycles. The fraction of sp³-hybridized carbons (Fsp3) is 0.0526. The van der Waals surface area contributed by atoms with Gasteiger partial charge >= 0.3 is 0 Å². The topological polar surface area (TPSA) is 51.2 Å². The van der Waals surface area contributed by atoms with Crippen LogP contribution in [0.15, 0.2) is 79.1 Å². The van der Waals surface area contributed by atoms with E-state index in [2.05, 4.69) is 10.3 Å². The van der Waals surface area contributed by atoms with Gasteiger partial charge in [-0.2, -0.15) is 0 Å². The highest BCUT2D eigenvalue weighted by Gasteiger charge is 2.05. The Labute approximate surface area is 134 Å². The first kappa shape index (κ1) is 14.8. The van der Waals surface area contributed by atoms with Crippen LogP contribution in [0.2, 0.25) is 0 Å². The summed E-state index contributed by atoms with van der Waals surface area (Å²) in [7, 11) is 0. The lowest BCUT2D eigenvalue weighted by atomic mass is 10.2. The lowest BCUT2D eigenvalue weighted by molar-refractivity contribution is 0.0950. The number of benzene rings is 2. The number of hydrogen-bond donors (Lipinski definition) is 1. The van der Waals surface area contributed by atoms with E-state index in [1.54, 1.807) is 24.5 Å². The van der Waals surface area contributed by atoms with Gasteiger partial charge < -0.3 is 10.1 Å². The van der Waals surface area contributed by atoms with Gasteiger partial charge in [-0.1, -0.05) is 30.3 Å². The molecule has 0 saturated carbocycles. The van der Waals surface area contributed by atoms with E-state index >= 15 is 0 Å². The maximum atomic E-state index is 12.0. The van der Waals surface area contributed by atoms with Crippen LogP contribution in [0.5, 0.6) is 11.5 Å². The minimum Gasteiger partial charge on any atom is -0.457 e. The van der Waals surface area contributed by atoms with Crippen molar-refractivity contribution >= 4 is 5.91 Å². The van der Waals surface area contributed by atoms with E-state index in [1.807, 2.05) is 54.6 Å². The zero-order chi connectivity index (χ0) is 15.9. The maximum Gasteiger partial charge on any atom is 0.253 e. The number of aromatic nitrogens is 1. The standard InChI is InChI=1S/C19H16N2O2/c22-19(16-7-5-11-20-14-16)21-13-15-6-4-10-18(12-15)23-17-8-2-1-3-9-17/h1-12,14H,13H2,(H,21,22). The van der Waals surface area contributed by atoms with Crippen molar-refractivity contribution in [3.8, 4) is 11.5 Å². The van der Waals surface area contributed by atoms with Gasteiger partial charge in [-0.15, -0.1) is 0 Å². The number of nitrogens with one attached hydrogen (secondary N) is 1. The molecule has 114 valence electrons. The second kappa shape index (κ2) is 7.22. The summed E-state index contributed by atoms with van der Waals surface area (Å²) < 4.78 is 5.79. The van der Waals surface area contributed by atoms with E-state index in [1.165, 1.54) is 0 Å². The van der Waals surface area contributed by atoms with Crippen molar-refractivity contribution in [2.24, 2.45) is 0 Å². The molecule has 0 aliphatic rings. The van der Waals surface area contributed by atoms with Gasteiger partial charge in [0.1, 0.15) is 11.5 Å². The number of rotatable bonds is 5. The molecule has 0 fully saturated rings. The average Bonchev–Trinajstić information content (AvgIpc) is 2.62. The molecule has 3 rings (SSSR count). The number of amides is 1. The quantitative estimate of drug-likeness (QED) is 0.780. The Morgan fingerprint density at radius 1 is 0.957 bits per heavy atom. The van der Waals surface area contributed by atoms with Crippen LogP contribution < -0.4 is 10.1 Å². The normalized spacial score (nSPS) is 10.1. The number of carbonyl (C=O) groups is 1. The number of ether oxygens (including phenoxy) is 1. The monoisotopic (exact) mass is 304 g/mol. The fourth-order valence-corrected chi connectivity index (χ4v) is 2.13. The second-order valence-electron chi connectivity index (χ2n) is 4.99. The van der Waals surface area contributed by atoms with Crippen molar-refractivity contribution in [2.75, 3.05) is 0 Å². The largest absolute Gasteiger partial charge is 0.457 e. The van der Waals surface area contributed by atoms with Crippen molar-refractivity contribution in [3.63, 3.8) is 0 Å². The Bertz CT molecular complexity index is 774. The van der Waals surface area contributed by atoms with Crippen LogP contribution in [0.25, 0.3) is 0 Å². The Morgan fingerprint density at radius 2 is 1.78 bits per heavy atom. The van der Waals surface area contributed by atoms with Gasteiger partial charge in [0, 0.05) is 18.9 Å². The lowest BCUT2D eigenvalue weighted by Crippen LogP contribution is -2.22. The molecule has 0 unspecified atom stereocenters. The molecule has 2 aromatic carbocycles. The van der Waals surface area contributed by atoms with E-state index in [9.17, 15) is 4.79 Å². The number of carbonyl (C=O) groups excluding carboxylic acids is 1. The summed E-state index contributed by atoms with van der Waals surface area (Å²) >= 11 is 0. The van der Waals surface area contributed by atoms with Crippen LogP contribution in [0.1, 0.15) is 15.9 Å². The van der Waals surface area contributed by atoms with Crippen LogP contribution in [0, 0.1) is 0 Å². The molecule has 0 aliphatic carbocycles. The summed E-state index contributed by atoms with van der Waals surface area (Å²) in [5.74, 6) is 1.38. The number of nitrogens with zero attached hydrogens (tertiary/aromatic N) is 1. The maximum absolute atomic E-state index is 12.0. The van der Waals surface area contributed by atoms with Crippen LogP contribution >= 0.6 is 0 Å². The number of pyridine rings is 1. The molecule has 23 heavy (non-hydrogen) atoms. The van der Waals surface area contributed by atoms with E-state index in [0.29, 0.717) is 12.1 Å². The third-order valence-corrected chi connectivity index (χ3v) is 3.25. The Morgan fingerprint density at radius 3 is 2.57 bits per heavy atom. The number of hydrogen-bond acceptors (Lipinski definition) is 3. The van der Waals surface area contributed by atoms with Crippen LogP contribution in [-0.2, 0) is 6.54 Å². The molecule has 0 atom stereocenters. The van der Waals surface area contributed by atoms with Crippen LogP contribution in [-0.4, -0.2) is 10.9 Å². The highest BCUT2D eigenvalue weighted by atomic mass is 16.5. The van der Waals surface area contributed by atoms with E-state index in [-0.39, 0.29) is 5.91 Å². The minimum absolute atomic E-state index is 0.146. The predicted octanol–water partition coefficient (Wildman–Crippen LogP) is 3.80. The molecule has 3 aromatic rings.